The van der Waals surface area contributed by atoms with E-state index >= 15 is 0 Å². The number of esters is 1. The van der Waals surface area contributed by atoms with Gasteiger partial charge in [0.15, 0.2) is 11.5 Å². The number of anilines is 1. The number of ether oxygens (including phenoxy) is 2. The molecule has 6 nitrogen and oxygen atoms in total. The van der Waals surface area contributed by atoms with Crippen molar-refractivity contribution in [2.24, 2.45) is 0 Å². The van der Waals surface area contributed by atoms with Gasteiger partial charge in [-0.2, -0.15) is 0 Å². The number of methoxy groups -OCH3 is 1. The molecule has 1 aliphatic carbocycles. The molecule has 1 fully saturated rings. The highest BCUT2D eigenvalue weighted by atomic mass is 16.6. The normalized spacial score (nSPS) is 14.5. The molecule has 0 aliphatic heterocycles. The maximum Gasteiger partial charge on any atom is 0.311 e. The number of nitrogens with zero attached hydrogens (tertiary/aromatic N) is 2. The molecule has 1 aliphatic rings. The number of benzene rings is 1. The maximum absolute atomic E-state index is 12.1. The van der Waals surface area contributed by atoms with Crippen LogP contribution in [0.3, 0.4) is 0 Å². The number of imidazole rings is 1. The highest BCUT2D eigenvalue weighted by Crippen LogP contribution is 2.37. The van der Waals surface area contributed by atoms with Crippen LogP contribution in [-0.4, -0.2) is 28.5 Å². The Morgan fingerprint density at radius 1 is 1.16 bits per heavy atom. The van der Waals surface area contributed by atoms with Crippen LogP contribution in [0.5, 0.6) is 11.5 Å². The van der Waals surface area contributed by atoms with E-state index in [9.17, 15) is 4.79 Å². The second-order valence-corrected chi connectivity index (χ2v) is 8.16. The van der Waals surface area contributed by atoms with Crippen LogP contribution < -0.4 is 14.8 Å². The van der Waals surface area contributed by atoms with Crippen molar-refractivity contribution in [3.63, 3.8) is 0 Å². The predicted molar refractivity (Wildman–Crippen MR) is 123 cm³/mol. The van der Waals surface area contributed by atoms with Crippen LogP contribution in [0.25, 0.3) is 16.9 Å². The van der Waals surface area contributed by atoms with Gasteiger partial charge in [-0.3, -0.25) is 9.20 Å². The van der Waals surface area contributed by atoms with Gasteiger partial charge in [0.1, 0.15) is 17.2 Å². The summed E-state index contributed by atoms with van der Waals surface area (Å²) in [6.45, 7) is 2.05. The van der Waals surface area contributed by atoms with Gasteiger partial charge in [0, 0.05) is 24.2 Å². The van der Waals surface area contributed by atoms with Crippen molar-refractivity contribution < 1.29 is 14.3 Å². The van der Waals surface area contributed by atoms with E-state index in [2.05, 4.69) is 16.6 Å². The third kappa shape index (κ3) is 4.84. The zero-order chi connectivity index (χ0) is 21.6. The summed E-state index contributed by atoms with van der Waals surface area (Å²) in [5, 5.41) is 3.75. The Morgan fingerprint density at radius 2 is 2.00 bits per heavy atom. The maximum atomic E-state index is 12.1. The lowest BCUT2D eigenvalue weighted by atomic mass is 9.95. The molecule has 0 bridgehead atoms. The van der Waals surface area contributed by atoms with E-state index in [4.69, 9.17) is 14.5 Å². The van der Waals surface area contributed by atoms with Gasteiger partial charge in [-0.05, 0) is 49.6 Å². The standard InChI is InChI=1S/C25H31N3O3/c1-3-4-13-23(29)31-20-15-14-18(17-21(20)30-2)24-25(26-19-10-6-5-7-11-19)28-16-9-8-12-22(28)27-24/h8-9,12,14-17,19,26H,3-7,10-11,13H2,1-2H3. The average Bonchev–Trinajstić information content (AvgIpc) is 3.17. The number of fused-ring (bicyclic) bond motifs is 1. The van der Waals surface area contributed by atoms with Crippen molar-refractivity contribution in [1.29, 1.82) is 0 Å². The summed E-state index contributed by atoms with van der Waals surface area (Å²) in [7, 11) is 1.59. The number of unbranched alkanes of at least 4 members (excludes halogenated alkanes) is 1. The Kier molecular flexibility index (Phi) is 6.75. The van der Waals surface area contributed by atoms with Crippen LogP contribution in [0.15, 0.2) is 42.6 Å². The van der Waals surface area contributed by atoms with Gasteiger partial charge in [0.25, 0.3) is 0 Å². The van der Waals surface area contributed by atoms with Gasteiger partial charge in [-0.25, -0.2) is 4.98 Å². The van der Waals surface area contributed by atoms with Crippen molar-refractivity contribution >= 4 is 17.4 Å². The van der Waals surface area contributed by atoms with Crippen molar-refractivity contribution in [2.75, 3.05) is 12.4 Å². The van der Waals surface area contributed by atoms with Crippen LogP contribution in [0, 0.1) is 0 Å². The highest BCUT2D eigenvalue weighted by molar-refractivity contribution is 5.79. The molecule has 0 radical (unpaired) electrons. The van der Waals surface area contributed by atoms with Crippen LogP contribution >= 0.6 is 0 Å². The van der Waals surface area contributed by atoms with Crippen LogP contribution in [0.4, 0.5) is 5.82 Å². The number of carbonyl (C=O) groups is 1. The van der Waals surface area contributed by atoms with Crippen molar-refractivity contribution in [3.05, 3.63) is 42.6 Å². The Morgan fingerprint density at radius 3 is 2.77 bits per heavy atom. The number of hydrogen-bond acceptors (Lipinski definition) is 5. The number of carbonyl (C=O) groups excluding carboxylic acids is 1. The monoisotopic (exact) mass is 421 g/mol. The molecule has 0 unspecified atom stereocenters. The van der Waals surface area contributed by atoms with Gasteiger partial charge < -0.3 is 14.8 Å². The molecule has 6 heteroatoms. The van der Waals surface area contributed by atoms with Gasteiger partial charge in [0.05, 0.1) is 7.11 Å². The first-order valence-electron chi connectivity index (χ1n) is 11.3. The van der Waals surface area contributed by atoms with Gasteiger partial charge >= 0.3 is 5.97 Å². The molecule has 1 saturated carbocycles. The molecule has 4 rings (SSSR count). The van der Waals surface area contributed by atoms with E-state index in [0.29, 0.717) is 24.0 Å². The van der Waals surface area contributed by atoms with Crippen molar-refractivity contribution in [2.45, 2.75) is 64.3 Å². The zero-order valence-electron chi connectivity index (χ0n) is 18.4. The third-order valence-corrected chi connectivity index (χ3v) is 5.87. The first kappa shape index (κ1) is 21.2. The van der Waals surface area contributed by atoms with Gasteiger partial charge in [-0.15, -0.1) is 0 Å². The zero-order valence-corrected chi connectivity index (χ0v) is 18.4. The lowest BCUT2D eigenvalue weighted by Crippen LogP contribution is -2.23. The average molecular weight is 422 g/mol. The fourth-order valence-corrected chi connectivity index (χ4v) is 4.17. The number of aromatic nitrogens is 2. The third-order valence-electron chi connectivity index (χ3n) is 5.87. The topological polar surface area (TPSA) is 64.9 Å². The lowest BCUT2D eigenvalue weighted by molar-refractivity contribution is -0.134. The first-order valence-corrected chi connectivity index (χ1v) is 11.3. The van der Waals surface area contributed by atoms with Gasteiger partial charge in [-0.1, -0.05) is 38.7 Å². The highest BCUT2D eigenvalue weighted by Gasteiger charge is 2.21. The molecule has 2 heterocycles. The second-order valence-electron chi connectivity index (χ2n) is 8.16. The predicted octanol–water partition coefficient (Wildman–Crippen LogP) is 5.85. The molecular weight excluding hydrogens is 390 g/mol. The van der Waals surface area contributed by atoms with E-state index in [1.165, 1.54) is 32.1 Å². The Balaban J connectivity index is 1.67. The SMILES string of the molecule is CCCCC(=O)Oc1ccc(-c2nc3ccccn3c2NC2CCCCC2)cc1OC. The molecule has 1 N–H and O–H groups in total. The number of pyridine rings is 1. The fourth-order valence-electron chi connectivity index (χ4n) is 4.17. The fraction of sp³-hybridized carbons (Fsp3) is 0.440. The minimum atomic E-state index is -0.236. The number of hydrogen-bond donors (Lipinski definition) is 1. The lowest BCUT2D eigenvalue weighted by Gasteiger charge is -2.24. The molecule has 0 spiro atoms. The summed E-state index contributed by atoms with van der Waals surface area (Å²) < 4.78 is 13.2. The molecule has 0 amide bonds. The summed E-state index contributed by atoms with van der Waals surface area (Å²) in [5.74, 6) is 1.73. The molecule has 0 saturated heterocycles. The summed E-state index contributed by atoms with van der Waals surface area (Å²) >= 11 is 0. The minimum Gasteiger partial charge on any atom is -0.493 e. The first-order chi connectivity index (χ1) is 15.2. The molecule has 2 aromatic heterocycles. The summed E-state index contributed by atoms with van der Waals surface area (Å²) in [5.41, 5.74) is 2.69. The van der Waals surface area contributed by atoms with E-state index in [0.717, 1.165) is 35.6 Å². The van der Waals surface area contributed by atoms with E-state index in [1.54, 1.807) is 13.2 Å². The molecule has 164 valence electrons. The van der Waals surface area contributed by atoms with Crippen LogP contribution in [0.2, 0.25) is 0 Å². The Hall–Kier alpha value is -3.02. The van der Waals surface area contributed by atoms with E-state index in [1.807, 2.05) is 36.5 Å². The minimum absolute atomic E-state index is 0.236. The van der Waals surface area contributed by atoms with Crippen LogP contribution in [0.1, 0.15) is 58.3 Å². The number of rotatable bonds is 8. The van der Waals surface area contributed by atoms with Crippen LogP contribution in [-0.2, 0) is 4.79 Å². The quantitative estimate of drug-likeness (QED) is 0.365. The second kappa shape index (κ2) is 9.86. The smallest absolute Gasteiger partial charge is 0.311 e. The molecule has 1 aromatic carbocycles. The Labute approximate surface area is 183 Å². The largest absolute Gasteiger partial charge is 0.493 e. The summed E-state index contributed by atoms with van der Waals surface area (Å²) in [6, 6.07) is 12.1. The molecule has 0 atom stereocenters. The number of nitrogens with one attached hydrogen (secondary N) is 1. The molecule has 3 aromatic rings. The van der Waals surface area contributed by atoms with Crippen molar-refractivity contribution in [1.82, 2.24) is 9.38 Å². The summed E-state index contributed by atoms with van der Waals surface area (Å²) in [6.07, 6.45) is 10.4. The molecule has 31 heavy (non-hydrogen) atoms. The van der Waals surface area contributed by atoms with Crippen molar-refractivity contribution in [3.8, 4) is 22.8 Å². The summed E-state index contributed by atoms with van der Waals surface area (Å²) in [4.78, 5) is 17.0. The molecular formula is C25H31N3O3. The van der Waals surface area contributed by atoms with E-state index < -0.39 is 0 Å². The van der Waals surface area contributed by atoms with Gasteiger partial charge in [0.2, 0.25) is 0 Å². The van der Waals surface area contributed by atoms with E-state index in [-0.39, 0.29) is 5.97 Å². The Bertz CT molecular complexity index is 1040.